The highest BCUT2D eigenvalue weighted by molar-refractivity contribution is 5.82. The maximum Gasteiger partial charge on any atom is 0.332 e. The van der Waals surface area contributed by atoms with E-state index in [1.54, 1.807) is 0 Å². The molecule has 0 aliphatic heterocycles. The number of esters is 1. The lowest BCUT2D eigenvalue weighted by atomic mass is 10.0. The van der Waals surface area contributed by atoms with Crippen LogP contribution in [0.15, 0.2) is 11.8 Å². The van der Waals surface area contributed by atoms with Gasteiger partial charge in [0, 0.05) is 18.3 Å². The fourth-order valence-corrected chi connectivity index (χ4v) is 2.84. The van der Waals surface area contributed by atoms with Gasteiger partial charge in [0.05, 0.1) is 6.61 Å². The third-order valence-corrected chi connectivity index (χ3v) is 4.31. The van der Waals surface area contributed by atoms with E-state index in [-0.39, 0.29) is 5.97 Å². The molecule has 3 nitrogen and oxygen atoms in total. The molecule has 0 aliphatic carbocycles. The summed E-state index contributed by atoms with van der Waals surface area (Å²) in [5.74, 6) is -0.257. The molecule has 0 bridgehead atoms. The lowest BCUT2D eigenvalue weighted by Crippen LogP contribution is -2.14. The summed E-state index contributed by atoms with van der Waals surface area (Å²) in [6.45, 7) is 7.39. The quantitative estimate of drug-likeness (QED) is 0.197. The summed E-state index contributed by atoms with van der Waals surface area (Å²) in [7, 11) is 0. The Morgan fingerprint density at radius 2 is 1.25 bits per heavy atom. The van der Waals surface area contributed by atoms with Crippen molar-refractivity contribution in [2.75, 3.05) is 13.2 Å². The summed E-state index contributed by atoms with van der Waals surface area (Å²) >= 11 is 0. The van der Waals surface area contributed by atoms with E-state index in [9.17, 15) is 4.79 Å². The number of allylic oxidation sites excluding steroid dienone is 1. The molecule has 142 valence electrons. The van der Waals surface area contributed by atoms with Crippen molar-refractivity contribution in [2.45, 2.75) is 104 Å². The lowest BCUT2D eigenvalue weighted by Gasteiger charge is -2.06. The summed E-state index contributed by atoms with van der Waals surface area (Å²) in [4.78, 5) is 11.3. The Hall–Kier alpha value is -0.990. The van der Waals surface area contributed by atoms with Crippen LogP contribution in [0, 0.1) is 0 Å². The van der Waals surface area contributed by atoms with Gasteiger partial charge in [-0.05, 0) is 20.3 Å². The Balaban J connectivity index is 3.24. The van der Waals surface area contributed by atoms with E-state index in [1.165, 1.54) is 89.5 Å². The SMILES string of the molecule is CCCCCCCCCCCCCCCN/C(C)=C\C(=O)OCC. The molecule has 0 aromatic rings. The molecule has 0 radical (unpaired) electrons. The molecule has 0 amide bonds. The second-order valence-corrected chi connectivity index (χ2v) is 6.75. The second-order valence-electron chi connectivity index (χ2n) is 6.75. The van der Waals surface area contributed by atoms with E-state index < -0.39 is 0 Å². The molecular formula is C21H41NO2. The molecule has 0 spiro atoms. The molecule has 0 aromatic heterocycles. The van der Waals surface area contributed by atoms with Crippen LogP contribution in [0.3, 0.4) is 0 Å². The second kappa shape index (κ2) is 18.4. The predicted octanol–water partition coefficient (Wildman–Crippen LogP) is 6.13. The van der Waals surface area contributed by atoms with E-state index in [0.29, 0.717) is 6.61 Å². The summed E-state index contributed by atoms with van der Waals surface area (Å²) in [6.07, 6.45) is 19.4. The molecule has 0 heterocycles. The molecule has 0 saturated heterocycles. The van der Waals surface area contributed by atoms with Gasteiger partial charge < -0.3 is 10.1 Å². The largest absolute Gasteiger partial charge is 0.463 e. The number of nitrogens with one attached hydrogen (secondary N) is 1. The van der Waals surface area contributed by atoms with Crippen molar-refractivity contribution >= 4 is 5.97 Å². The van der Waals surface area contributed by atoms with Crippen molar-refractivity contribution in [3.63, 3.8) is 0 Å². The molecular weight excluding hydrogens is 298 g/mol. The standard InChI is InChI=1S/C21H41NO2/c1-4-6-7-8-9-10-11-12-13-14-15-16-17-18-22-20(3)19-21(23)24-5-2/h19,22H,4-18H2,1-3H3/b20-19-. The molecule has 3 heteroatoms. The normalized spacial score (nSPS) is 11.5. The van der Waals surface area contributed by atoms with E-state index in [1.807, 2.05) is 13.8 Å². The average molecular weight is 340 g/mol. The molecule has 0 unspecified atom stereocenters. The molecule has 0 fully saturated rings. The van der Waals surface area contributed by atoms with Crippen LogP contribution in [0.2, 0.25) is 0 Å². The van der Waals surface area contributed by atoms with Crippen molar-refractivity contribution in [3.05, 3.63) is 11.8 Å². The van der Waals surface area contributed by atoms with Crippen LogP contribution >= 0.6 is 0 Å². The van der Waals surface area contributed by atoms with E-state index >= 15 is 0 Å². The zero-order valence-electron chi connectivity index (χ0n) is 16.5. The summed E-state index contributed by atoms with van der Waals surface area (Å²) in [5.41, 5.74) is 0.896. The Kier molecular flexibility index (Phi) is 17.6. The molecule has 0 rings (SSSR count). The molecule has 0 aromatic carbocycles. The monoisotopic (exact) mass is 339 g/mol. The number of carbonyl (C=O) groups excluding carboxylic acids is 1. The molecule has 0 saturated carbocycles. The average Bonchev–Trinajstić information content (AvgIpc) is 2.55. The molecule has 0 atom stereocenters. The summed E-state index contributed by atoms with van der Waals surface area (Å²) < 4.78 is 4.88. The first-order valence-electron chi connectivity index (χ1n) is 10.3. The van der Waals surface area contributed by atoms with Crippen molar-refractivity contribution in [1.82, 2.24) is 5.32 Å². The third-order valence-electron chi connectivity index (χ3n) is 4.31. The fourth-order valence-electron chi connectivity index (χ4n) is 2.84. The minimum atomic E-state index is -0.257. The minimum absolute atomic E-state index is 0.257. The summed E-state index contributed by atoms with van der Waals surface area (Å²) in [6, 6.07) is 0. The Morgan fingerprint density at radius 1 is 0.792 bits per heavy atom. The topological polar surface area (TPSA) is 38.3 Å². The molecule has 1 N–H and O–H groups in total. The van der Waals surface area contributed by atoms with Gasteiger partial charge in [-0.25, -0.2) is 4.79 Å². The highest BCUT2D eigenvalue weighted by Gasteiger charge is 1.98. The van der Waals surface area contributed by atoms with Crippen LogP contribution in [-0.2, 0) is 9.53 Å². The third kappa shape index (κ3) is 17.4. The van der Waals surface area contributed by atoms with Crippen LogP contribution < -0.4 is 5.32 Å². The number of hydrogen-bond donors (Lipinski definition) is 1. The molecule has 24 heavy (non-hydrogen) atoms. The first-order valence-corrected chi connectivity index (χ1v) is 10.3. The van der Waals surface area contributed by atoms with Crippen LogP contribution in [0.4, 0.5) is 0 Å². The van der Waals surface area contributed by atoms with Crippen molar-refractivity contribution < 1.29 is 9.53 Å². The van der Waals surface area contributed by atoms with E-state index in [0.717, 1.165) is 12.2 Å². The van der Waals surface area contributed by atoms with Gasteiger partial charge in [0.15, 0.2) is 0 Å². The summed E-state index contributed by atoms with van der Waals surface area (Å²) in [5, 5.41) is 3.27. The number of rotatable bonds is 17. The first-order chi connectivity index (χ1) is 11.7. The highest BCUT2D eigenvalue weighted by Crippen LogP contribution is 2.12. The van der Waals surface area contributed by atoms with Crippen LogP contribution in [-0.4, -0.2) is 19.1 Å². The Morgan fingerprint density at radius 3 is 1.71 bits per heavy atom. The van der Waals surface area contributed by atoms with Gasteiger partial charge in [-0.15, -0.1) is 0 Å². The van der Waals surface area contributed by atoms with Gasteiger partial charge in [-0.3, -0.25) is 0 Å². The number of carbonyl (C=O) groups is 1. The van der Waals surface area contributed by atoms with Gasteiger partial charge >= 0.3 is 5.97 Å². The smallest absolute Gasteiger partial charge is 0.332 e. The van der Waals surface area contributed by atoms with Crippen molar-refractivity contribution in [1.29, 1.82) is 0 Å². The maximum absolute atomic E-state index is 11.3. The van der Waals surface area contributed by atoms with E-state index in [2.05, 4.69) is 12.2 Å². The Bertz CT molecular complexity index is 313. The number of ether oxygens (including phenoxy) is 1. The minimum Gasteiger partial charge on any atom is -0.463 e. The maximum atomic E-state index is 11.3. The van der Waals surface area contributed by atoms with Crippen LogP contribution in [0.5, 0.6) is 0 Å². The van der Waals surface area contributed by atoms with Gasteiger partial charge in [-0.2, -0.15) is 0 Å². The molecule has 0 aliphatic rings. The van der Waals surface area contributed by atoms with Crippen molar-refractivity contribution in [2.24, 2.45) is 0 Å². The lowest BCUT2D eigenvalue weighted by molar-refractivity contribution is -0.137. The predicted molar refractivity (Wildman–Crippen MR) is 104 cm³/mol. The van der Waals surface area contributed by atoms with Gasteiger partial charge in [0.1, 0.15) is 0 Å². The Labute approximate surface area is 150 Å². The fraction of sp³-hybridized carbons (Fsp3) is 0.857. The van der Waals surface area contributed by atoms with Gasteiger partial charge in [-0.1, -0.05) is 84.0 Å². The zero-order valence-corrected chi connectivity index (χ0v) is 16.5. The van der Waals surface area contributed by atoms with Crippen LogP contribution in [0.25, 0.3) is 0 Å². The zero-order chi connectivity index (χ0) is 17.9. The van der Waals surface area contributed by atoms with Gasteiger partial charge in [0.25, 0.3) is 0 Å². The highest BCUT2D eigenvalue weighted by atomic mass is 16.5. The van der Waals surface area contributed by atoms with Crippen LogP contribution in [0.1, 0.15) is 104 Å². The number of unbranched alkanes of at least 4 members (excludes halogenated alkanes) is 12. The first kappa shape index (κ1) is 23.0. The van der Waals surface area contributed by atoms with Crippen molar-refractivity contribution in [3.8, 4) is 0 Å². The van der Waals surface area contributed by atoms with E-state index in [4.69, 9.17) is 4.74 Å². The van der Waals surface area contributed by atoms with Gasteiger partial charge in [0.2, 0.25) is 0 Å². The number of hydrogen-bond acceptors (Lipinski definition) is 3.